The van der Waals surface area contributed by atoms with Crippen molar-refractivity contribution in [1.82, 2.24) is 4.98 Å². The number of aromatic nitrogens is 1. The van der Waals surface area contributed by atoms with E-state index < -0.39 is 0 Å². The van der Waals surface area contributed by atoms with Crippen molar-refractivity contribution >= 4 is 40.8 Å². The van der Waals surface area contributed by atoms with Gasteiger partial charge < -0.3 is 0 Å². The number of nitrogens with zero attached hydrogens (tertiary/aromatic N) is 1. The molecule has 1 heterocycles. The highest BCUT2D eigenvalue weighted by atomic mass is 35.5. The molecule has 0 saturated carbocycles. The Balaban J connectivity index is 2.23. The number of benzene rings is 1. The van der Waals surface area contributed by atoms with E-state index in [9.17, 15) is 4.79 Å². The molecule has 0 amide bonds. The average Bonchev–Trinajstić information content (AvgIpc) is 2.70. The van der Waals surface area contributed by atoms with Crippen molar-refractivity contribution in [1.29, 1.82) is 0 Å². The number of carbonyl (C=O) groups excluding carboxylic acids is 1. The lowest BCUT2D eigenvalue weighted by Crippen LogP contribution is -1.87. The lowest BCUT2D eigenvalue weighted by molar-refractivity contribution is 0.112. The van der Waals surface area contributed by atoms with E-state index in [4.69, 9.17) is 23.2 Å². The van der Waals surface area contributed by atoms with Gasteiger partial charge in [0.2, 0.25) is 0 Å². The fourth-order valence-corrected chi connectivity index (χ4v) is 2.52. The molecule has 0 fully saturated rings. The quantitative estimate of drug-likeness (QED) is 0.794. The van der Waals surface area contributed by atoms with E-state index in [2.05, 4.69) is 4.98 Å². The van der Waals surface area contributed by atoms with E-state index in [1.165, 1.54) is 11.3 Å². The van der Waals surface area contributed by atoms with Gasteiger partial charge in [-0.3, -0.25) is 4.79 Å². The summed E-state index contributed by atoms with van der Waals surface area (Å²) in [6.07, 6.45) is 2.98. The molecule has 0 N–H and O–H groups in total. The summed E-state index contributed by atoms with van der Waals surface area (Å²) in [6, 6.07) is 5.36. The van der Waals surface area contributed by atoms with Gasteiger partial charge in [0.25, 0.3) is 0 Å². The zero-order chi connectivity index (χ0) is 11.5. The highest BCUT2D eigenvalue weighted by Crippen LogP contribution is 2.24. The van der Waals surface area contributed by atoms with E-state index >= 15 is 0 Å². The Morgan fingerprint density at radius 3 is 2.81 bits per heavy atom. The van der Waals surface area contributed by atoms with Crippen LogP contribution in [0.2, 0.25) is 10.0 Å². The van der Waals surface area contributed by atoms with E-state index in [1.807, 2.05) is 6.07 Å². The van der Waals surface area contributed by atoms with Gasteiger partial charge in [0.1, 0.15) is 0 Å². The van der Waals surface area contributed by atoms with Gasteiger partial charge in [-0.25, -0.2) is 4.98 Å². The summed E-state index contributed by atoms with van der Waals surface area (Å²) in [4.78, 5) is 15.3. The largest absolute Gasteiger partial charge is 0.297 e. The topological polar surface area (TPSA) is 30.0 Å². The Kier molecular flexibility index (Phi) is 3.59. The maximum Gasteiger partial charge on any atom is 0.161 e. The molecule has 0 spiro atoms. The molecule has 1 aromatic carbocycles. The molecular formula is C11H7Cl2NOS. The van der Waals surface area contributed by atoms with Crippen molar-refractivity contribution < 1.29 is 4.79 Å². The third kappa shape index (κ3) is 2.61. The highest BCUT2D eigenvalue weighted by molar-refractivity contribution is 7.13. The zero-order valence-electron chi connectivity index (χ0n) is 8.11. The molecule has 2 nitrogen and oxygen atoms in total. The van der Waals surface area contributed by atoms with Crippen LogP contribution in [0.4, 0.5) is 0 Å². The summed E-state index contributed by atoms with van der Waals surface area (Å²) < 4.78 is 0. The second-order valence-electron chi connectivity index (χ2n) is 3.19. The number of aldehydes is 1. The van der Waals surface area contributed by atoms with Crippen molar-refractivity contribution in [3.63, 3.8) is 0 Å². The molecule has 0 aliphatic carbocycles. The van der Waals surface area contributed by atoms with E-state index in [-0.39, 0.29) is 0 Å². The molecule has 16 heavy (non-hydrogen) atoms. The molecule has 0 saturated heterocycles. The fraction of sp³-hybridized carbons (Fsp3) is 0.0909. The molecule has 5 heteroatoms. The minimum absolute atomic E-state index is 0.612. The minimum atomic E-state index is 0.612. The predicted molar refractivity (Wildman–Crippen MR) is 66.8 cm³/mol. The van der Waals surface area contributed by atoms with Gasteiger partial charge in [0, 0.05) is 22.7 Å². The third-order valence-electron chi connectivity index (χ3n) is 2.04. The van der Waals surface area contributed by atoms with Gasteiger partial charge in [0.15, 0.2) is 6.29 Å². The number of halogens is 2. The van der Waals surface area contributed by atoms with Crippen LogP contribution in [0.1, 0.15) is 20.2 Å². The second kappa shape index (κ2) is 4.95. The van der Waals surface area contributed by atoms with Crippen LogP contribution in [0.15, 0.2) is 24.4 Å². The number of hydrogen-bond donors (Lipinski definition) is 0. The van der Waals surface area contributed by atoms with Crippen molar-refractivity contribution in [3.05, 3.63) is 49.9 Å². The van der Waals surface area contributed by atoms with Gasteiger partial charge in [-0.1, -0.05) is 29.3 Å². The van der Waals surface area contributed by atoms with Crippen LogP contribution in [-0.2, 0) is 6.42 Å². The van der Waals surface area contributed by atoms with Crippen molar-refractivity contribution in [3.8, 4) is 0 Å². The molecule has 0 aliphatic rings. The Morgan fingerprint density at radius 1 is 1.38 bits per heavy atom. The lowest BCUT2D eigenvalue weighted by Gasteiger charge is -2.01. The summed E-state index contributed by atoms with van der Waals surface area (Å²) >= 11 is 13.2. The van der Waals surface area contributed by atoms with Gasteiger partial charge in [-0.05, 0) is 17.7 Å². The van der Waals surface area contributed by atoms with Crippen molar-refractivity contribution in [2.45, 2.75) is 6.42 Å². The van der Waals surface area contributed by atoms with Crippen molar-refractivity contribution in [2.24, 2.45) is 0 Å². The van der Waals surface area contributed by atoms with Gasteiger partial charge in [-0.2, -0.15) is 0 Å². The Morgan fingerprint density at radius 2 is 2.19 bits per heavy atom. The highest BCUT2D eigenvalue weighted by Gasteiger charge is 2.06. The standard InChI is InChI=1S/C11H7Cl2NOS/c12-8-2-1-7(10(13)4-8)3-11-14-5-9(6-15)16-11/h1-2,4-6H,3H2. The minimum Gasteiger partial charge on any atom is -0.297 e. The maximum atomic E-state index is 10.5. The van der Waals surface area contributed by atoms with Gasteiger partial charge >= 0.3 is 0 Å². The van der Waals surface area contributed by atoms with Crippen LogP contribution in [0.5, 0.6) is 0 Å². The molecule has 0 bridgehead atoms. The number of carbonyl (C=O) groups is 1. The third-order valence-corrected chi connectivity index (χ3v) is 3.55. The second-order valence-corrected chi connectivity index (χ2v) is 5.18. The average molecular weight is 272 g/mol. The van der Waals surface area contributed by atoms with Gasteiger partial charge in [0.05, 0.1) is 9.88 Å². The van der Waals surface area contributed by atoms with Crippen molar-refractivity contribution in [2.75, 3.05) is 0 Å². The van der Waals surface area contributed by atoms with Crippen LogP contribution < -0.4 is 0 Å². The molecule has 0 unspecified atom stereocenters. The van der Waals surface area contributed by atoms with Crippen LogP contribution >= 0.6 is 34.5 Å². The molecule has 0 aliphatic heterocycles. The van der Waals surface area contributed by atoms with Crippen LogP contribution in [0, 0.1) is 0 Å². The molecule has 0 atom stereocenters. The number of rotatable bonds is 3. The number of hydrogen-bond acceptors (Lipinski definition) is 3. The lowest BCUT2D eigenvalue weighted by atomic mass is 10.1. The fourth-order valence-electron chi connectivity index (χ4n) is 1.29. The molecule has 2 rings (SSSR count). The van der Waals surface area contributed by atoms with E-state index in [0.29, 0.717) is 21.3 Å². The predicted octanol–water partition coefficient (Wildman–Crippen LogP) is 3.85. The summed E-state index contributed by atoms with van der Waals surface area (Å²) in [5.74, 6) is 0. The molecule has 1 aromatic heterocycles. The zero-order valence-corrected chi connectivity index (χ0v) is 10.4. The molecular weight excluding hydrogens is 265 g/mol. The van der Waals surface area contributed by atoms with E-state index in [0.717, 1.165) is 16.9 Å². The first-order valence-electron chi connectivity index (χ1n) is 4.53. The first-order chi connectivity index (χ1) is 7.69. The summed E-state index contributed by atoms with van der Waals surface area (Å²) in [5.41, 5.74) is 0.956. The number of thiazole rings is 1. The van der Waals surface area contributed by atoms with Crippen LogP contribution in [0.25, 0.3) is 0 Å². The maximum absolute atomic E-state index is 10.5. The Labute approximate surface area is 107 Å². The SMILES string of the molecule is O=Cc1cnc(Cc2ccc(Cl)cc2Cl)s1. The first-order valence-corrected chi connectivity index (χ1v) is 6.10. The van der Waals surface area contributed by atoms with E-state index in [1.54, 1.807) is 18.3 Å². The Bertz CT molecular complexity index is 524. The normalized spacial score (nSPS) is 10.4. The smallest absolute Gasteiger partial charge is 0.161 e. The molecule has 82 valence electrons. The first kappa shape index (κ1) is 11.6. The van der Waals surface area contributed by atoms with Crippen LogP contribution in [0.3, 0.4) is 0 Å². The Hall–Kier alpha value is -0.900. The van der Waals surface area contributed by atoms with Gasteiger partial charge in [-0.15, -0.1) is 11.3 Å². The molecule has 2 aromatic rings. The summed E-state index contributed by atoms with van der Waals surface area (Å²) in [7, 11) is 0. The molecule has 0 radical (unpaired) electrons. The monoisotopic (exact) mass is 271 g/mol. The summed E-state index contributed by atoms with van der Waals surface area (Å²) in [6.45, 7) is 0. The summed E-state index contributed by atoms with van der Waals surface area (Å²) in [5, 5.41) is 2.10. The van der Waals surface area contributed by atoms with Crippen LogP contribution in [-0.4, -0.2) is 11.3 Å².